The zero-order valence-electron chi connectivity index (χ0n) is 7.22. The second-order valence-electron chi connectivity index (χ2n) is 2.94. The van der Waals surface area contributed by atoms with Crippen LogP contribution in [0.2, 0.25) is 0 Å². The number of aliphatic carboxylic acids is 1. The van der Waals surface area contributed by atoms with Crippen molar-refractivity contribution in [2.45, 2.75) is 12.5 Å². The number of aliphatic hydroxyl groups is 1. The van der Waals surface area contributed by atoms with Crippen molar-refractivity contribution >= 4 is 18.4 Å². The van der Waals surface area contributed by atoms with Crippen LogP contribution < -0.4 is 0 Å². The van der Waals surface area contributed by atoms with Gasteiger partial charge in [0.25, 0.3) is 0 Å². The molecule has 0 aliphatic carbocycles. The Morgan fingerprint density at radius 3 is 2.77 bits per heavy atom. The lowest BCUT2D eigenvalue weighted by molar-refractivity contribution is -0.131. The molecule has 0 amide bonds. The minimum atomic E-state index is -0.922. The second-order valence-corrected chi connectivity index (χ2v) is 2.94. The van der Waals surface area contributed by atoms with E-state index in [9.17, 15) is 4.79 Å². The lowest BCUT2D eigenvalue weighted by Gasteiger charge is -2.10. The van der Waals surface area contributed by atoms with Crippen molar-refractivity contribution in [2.24, 2.45) is 0 Å². The fourth-order valence-corrected chi connectivity index (χ4v) is 1.28. The van der Waals surface area contributed by atoms with Gasteiger partial charge >= 0.3 is 5.97 Å². The van der Waals surface area contributed by atoms with Crippen molar-refractivity contribution < 1.29 is 15.0 Å². The fourth-order valence-electron chi connectivity index (χ4n) is 1.28. The van der Waals surface area contributed by atoms with Crippen molar-refractivity contribution in [3.05, 3.63) is 12.2 Å². The molecule has 0 aromatic rings. The van der Waals surface area contributed by atoms with Crippen LogP contribution in [-0.4, -0.2) is 46.8 Å². The molecule has 2 N–H and O–H groups in total. The van der Waals surface area contributed by atoms with Gasteiger partial charge in [-0.25, -0.2) is 4.79 Å². The Bertz CT molecular complexity index is 196. The molecule has 1 saturated heterocycles. The summed E-state index contributed by atoms with van der Waals surface area (Å²) in [6.45, 7) is 2.12. The second kappa shape index (κ2) is 5.96. The number of halogens is 1. The van der Waals surface area contributed by atoms with Gasteiger partial charge in [0.15, 0.2) is 0 Å². The monoisotopic (exact) mass is 207 g/mol. The van der Waals surface area contributed by atoms with Gasteiger partial charge in [0.2, 0.25) is 0 Å². The predicted molar refractivity (Wildman–Crippen MR) is 51.1 cm³/mol. The Morgan fingerprint density at radius 2 is 2.31 bits per heavy atom. The van der Waals surface area contributed by atoms with Gasteiger partial charge in [-0.3, -0.25) is 4.90 Å². The molecule has 0 spiro atoms. The van der Waals surface area contributed by atoms with Crippen LogP contribution in [0.1, 0.15) is 6.42 Å². The Balaban J connectivity index is 0.00000144. The highest BCUT2D eigenvalue weighted by molar-refractivity contribution is 5.85. The molecule has 13 heavy (non-hydrogen) atoms. The average molecular weight is 208 g/mol. The topological polar surface area (TPSA) is 60.8 Å². The van der Waals surface area contributed by atoms with Gasteiger partial charge in [-0.1, -0.05) is 6.08 Å². The number of likely N-dealkylation sites (tertiary alicyclic amines) is 1. The first-order valence-electron chi connectivity index (χ1n) is 3.98. The molecular weight excluding hydrogens is 194 g/mol. The Morgan fingerprint density at radius 1 is 1.62 bits per heavy atom. The minimum Gasteiger partial charge on any atom is -0.478 e. The standard InChI is InChI=1S/C8H13NO3.ClH/c10-7-3-5-9(6-7)4-1-2-8(11)12;/h1-2,7,10H,3-6H2,(H,11,12);1H. The molecule has 1 fully saturated rings. The number of hydrogen-bond donors (Lipinski definition) is 2. The van der Waals surface area contributed by atoms with E-state index in [-0.39, 0.29) is 18.5 Å². The molecule has 76 valence electrons. The van der Waals surface area contributed by atoms with Crippen LogP contribution in [0.15, 0.2) is 12.2 Å². The van der Waals surface area contributed by atoms with E-state index in [2.05, 4.69) is 0 Å². The fraction of sp³-hybridized carbons (Fsp3) is 0.625. The SMILES string of the molecule is Cl.O=C(O)C=CCN1CCC(O)C1. The molecule has 1 aliphatic heterocycles. The van der Waals surface area contributed by atoms with Crippen LogP contribution in [0.25, 0.3) is 0 Å². The Kier molecular flexibility index (Phi) is 5.70. The van der Waals surface area contributed by atoms with Crippen molar-refractivity contribution in [1.29, 1.82) is 0 Å². The molecule has 0 bridgehead atoms. The zero-order valence-corrected chi connectivity index (χ0v) is 8.04. The highest BCUT2D eigenvalue weighted by atomic mass is 35.5. The summed E-state index contributed by atoms with van der Waals surface area (Å²) in [5.41, 5.74) is 0. The van der Waals surface area contributed by atoms with Gasteiger partial charge in [-0.2, -0.15) is 0 Å². The number of β-amino-alcohol motifs (C(OH)–C–C–N with tert-alkyl or cyclic N) is 1. The first kappa shape index (κ1) is 12.4. The normalized spacial score (nSPS) is 23.3. The van der Waals surface area contributed by atoms with E-state index < -0.39 is 5.97 Å². The third kappa shape index (κ3) is 4.87. The molecule has 1 aliphatic rings. The van der Waals surface area contributed by atoms with Gasteiger partial charge < -0.3 is 10.2 Å². The number of carbonyl (C=O) groups is 1. The highest BCUT2D eigenvalue weighted by Crippen LogP contribution is 2.07. The Hall–Kier alpha value is -0.580. The molecule has 5 heteroatoms. The van der Waals surface area contributed by atoms with Crippen LogP contribution in [0.3, 0.4) is 0 Å². The van der Waals surface area contributed by atoms with E-state index in [1.165, 1.54) is 0 Å². The smallest absolute Gasteiger partial charge is 0.328 e. The first-order valence-corrected chi connectivity index (χ1v) is 3.98. The van der Waals surface area contributed by atoms with Crippen molar-refractivity contribution in [1.82, 2.24) is 4.90 Å². The van der Waals surface area contributed by atoms with Crippen LogP contribution in [0, 0.1) is 0 Å². The Labute approximate surface area is 83.3 Å². The number of aliphatic hydroxyl groups excluding tert-OH is 1. The lowest BCUT2D eigenvalue weighted by Crippen LogP contribution is -2.22. The zero-order chi connectivity index (χ0) is 8.97. The van der Waals surface area contributed by atoms with E-state index in [1.54, 1.807) is 6.08 Å². The van der Waals surface area contributed by atoms with Gasteiger partial charge in [-0.05, 0) is 6.42 Å². The molecule has 0 saturated carbocycles. The summed E-state index contributed by atoms with van der Waals surface area (Å²) in [4.78, 5) is 12.1. The summed E-state index contributed by atoms with van der Waals surface area (Å²) in [7, 11) is 0. The largest absolute Gasteiger partial charge is 0.478 e. The van der Waals surface area contributed by atoms with E-state index in [0.717, 1.165) is 19.0 Å². The quantitative estimate of drug-likeness (QED) is 0.646. The van der Waals surface area contributed by atoms with Crippen molar-refractivity contribution in [2.75, 3.05) is 19.6 Å². The number of nitrogens with zero attached hydrogens (tertiary/aromatic N) is 1. The average Bonchev–Trinajstić information content (AvgIpc) is 2.35. The molecule has 0 radical (unpaired) electrons. The summed E-state index contributed by atoms with van der Waals surface area (Å²) in [5, 5.41) is 17.4. The molecule has 1 atom stereocenters. The molecule has 4 nitrogen and oxygen atoms in total. The number of rotatable bonds is 3. The van der Waals surface area contributed by atoms with Crippen LogP contribution >= 0.6 is 12.4 Å². The van der Waals surface area contributed by atoms with Crippen LogP contribution in [-0.2, 0) is 4.79 Å². The summed E-state index contributed by atoms with van der Waals surface area (Å²) < 4.78 is 0. The summed E-state index contributed by atoms with van der Waals surface area (Å²) >= 11 is 0. The van der Waals surface area contributed by atoms with E-state index in [0.29, 0.717) is 13.1 Å². The molecule has 1 rings (SSSR count). The summed E-state index contributed by atoms with van der Waals surface area (Å²) in [6, 6.07) is 0. The van der Waals surface area contributed by atoms with E-state index in [1.807, 2.05) is 4.90 Å². The molecule has 0 aromatic carbocycles. The third-order valence-electron chi connectivity index (χ3n) is 1.87. The number of carboxylic acid groups (broad SMARTS) is 1. The van der Waals surface area contributed by atoms with Crippen LogP contribution in [0.5, 0.6) is 0 Å². The number of hydrogen-bond acceptors (Lipinski definition) is 3. The maximum atomic E-state index is 10.1. The number of carboxylic acids is 1. The summed E-state index contributed by atoms with van der Waals surface area (Å²) in [6.07, 6.45) is 3.29. The molecule has 1 unspecified atom stereocenters. The highest BCUT2D eigenvalue weighted by Gasteiger charge is 2.18. The van der Waals surface area contributed by atoms with Crippen LogP contribution in [0.4, 0.5) is 0 Å². The maximum Gasteiger partial charge on any atom is 0.328 e. The third-order valence-corrected chi connectivity index (χ3v) is 1.87. The molecular formula is C8H14ClNO3. The van der Waals surface area contributed by atoms with Gasteiger partial charge in [0.05, 0.1) is 6.10 Å². The predicted octanol–water partition coefficient (Wildman–Crippen LogP) is 0.116. The van der Waals surface area contributed by atoms with Gasteiger partial charge in [0.1, 0.15) is 0 Å². The van der Waals surface area contributed by atoms with Crippen molar-refractivity contribution in [3.63, 3.8) is 0 Å². The van der Waals surface area contributed by atoms with E-state index in [4.69, 9.17) is 10.2 Å². The van der Waals surface area contributed by atoms with Gasteiger partial charge in [-0.15, -0.1) is 12.4 Å². The van der Waals surface area contributed by atoms with Gasteiger partial charge in [0, 0.05) is 25.7 Å². The molecule has 1 heterocycles. The van der Waals surface area contributed by atoms with E-state index >= 15 is 0 Å². The minimum absolute atomic E-state index is 0. The first-order chi connectivity index (χ1) is 5.68. The molecule has 0 aromatic heterocycles. The lowest BCUT2D eigenvalue weighted by atomic mass is 10.3. The maximum absolute atomic E-state index is 10.1. The van der Waals surface area contributed by atoms with Crippen molar-refractivity contribution in [3.8, 4) is 0 Å². The summed E-state index contributed by atoms with van der Waals surface area (Å²) in [5.74, 6) is -0.922.